The molecule has 0 aliphatic rings. The Morgan fingerprint density at radius 3 is 2.75 bits per heavy atom. The van der Waals surface area contributed by atoms with Crippen LogP contribution < -0.4 is 4.74 Å². The highest BCUT2D eigenvalue weighted by Crippen LogP contribution is 2.23. The summed E-state index contributed by atoms with van der Waals surface area (Å²) in [5.74, 6) is 0.725. The number of rotatable bonds is 6. The molecule has 0 saturated heterocycles. The summed E-state index contributed by atoms with van der Waals surface area (Å²) in [6.45, 7) is 4.58. The van der Waals surface area contributed by atoms with E-state index in [4.69, 9.17) is 4.74 Å². The van der Waals surface area contributed by atoms with E-state index >= 15 is 0 Å². The molecule has 0 spiro atoms. The van der Waals surface area contributed by atoms with Gasteiger partial charge in [-0.3, -0.25) is 0 Å². The Labute approximate surface area is 119 Å². The second-order valence-electron chi connectivity index (χ2n) is 4.53. The summed E-state index contributed by atoms with van der Waals surface area (Å²) in [7, 11) is -3.56. The van der Waals surface area contributed by atoms with Crippen LogP contribution in [0.15, 0.2) is 41.8 Å². The average molecular weight is 294 g/mol. The van der Waals surface area contributed by atoms with Crippen LogP contribution in [0.3, 0.4) is 0 Å². The third-order valence-electron chi connectivity index (χ3n) is 2.96. The molecular formula is C14H18N2O3S. The molecule has 0 aliphatic heterocycles. The number of hydrogen-bond donors (Lipinski definition) is 0. The van der Waals surface area contributed by atoms with Gasteiger partial charge in [0.1, 0.15) is 12.1 Å². The normalized spacial score (nSPS) is 11.5. The molecule has 0 bridgehead atoms. The van der Waals surface area contributed by atoms with Crippen molar-refractivity contribution in [3.63, 3.8) is 0 Å². The van der Waals surface area contributed by atoms with Gasteiger partial charge in [-0.25, -0.2) is 17.4 Å². The summed E-state index contributed by atoms with van der Waals surface area (Å²) in [4.78, 5) is 4.00. The molecule has 0 fully saturated rings. The van der Waals surface area contributed by atoms with Crippen LogP contribution in [0.2, 0.25) is 0 Å². The molecule has 1 aromatic carbocycles. The van der Waals surface area contributed by atoms with Crippen LogP contribution in [0.5, 0.6) is 5.75 Å². The highest BCUT2D eigenvalue weighted by molar-refractivity contribution is 7.90. The molecule has 0 aliphatic carbocycles. The van der Waals surface area contributed by atoms with E-state index in [2.05, 4.69) is 11.9 Å². The molecule has 108 valence electrons. The van der Waals surface area contributed by atoms with Crippen molar-refractivity contribution in [2.75, 3.05) is 6.61 Å². The molecule has 0 radical (unpaired) electrons. The second-order valence-corrected chi connectivity index (χ2v) is 6.37. The maximum Gasteiger partial charge on any atom is 0.268 e. The van der Waals surface area contributed by atoms with Gasteiger partial charge in [-0.05, 0) is 37.1 Å². The molecule has 5 nitrogen and oxygen atoms in total. The summed E-state index contributed by atoms with van der Waals surface area (Å²) >= 11 is 0. The number of unbranched alkanes of at least 4 members (excludes halogenated alkanes) is 1. The first-order chi connectivity index (χ1) is 9.55. The number of imidazole rings is 1. The highest BCUT2D eigenvalue weighted by Gasteiger charge is 2.17. The predicted molar refractivity (Wildman–Crippen MR) is 76.4 cm³/mol. The lowest BCUT2D eigenvalue weighted by Crippen LogP contribution is -2.11. The van der Waals surface area contributed by atoms with Crippen LogP contribution in [0, 0.1) is 6.92 Å². The van der Waals surface area contributed by atoms with Crippen molar-refractivity contribution in [2.45, 2.75) is 31.6 Å². The molecule has 2 rings (SSSR count). The Morgan fingerprint density at radius 2 is 2.15 bits per heavy atom. The molecule has 1 aromatic heterocycles. The summed E-state index contributed by atoms with van der Waals surface area (Å²) in [6.07, 6.45) is 6.17. The van der Waals surface area contributed by atoms with Crippen molar-refractivity contribution >= 4 is 10.0 Å². The third-order valence-corrected chi connectivity index (χ3v) is 4.58. The smallest absolute Gasteiger partial charge is 0.268 e. The first-order valence-corrected chi connectivity index (χ1v) is 7.96. The maximum atomic E-state index is 12.3. The Kier molecular flexibility index (Phi) is 4.44. The fraction of sp³-hybridized carbons (Fsp3) is 0.357. The van der Waals surface area contributed by atoms with Gasteiger partial charge >= 0.3 is 0 Å². The van der Waals surface area contributed by atoms with Gasteiger partial charge in [-0.2, -0.15) is 0 Å². The summed E-state index contributed by atoms with van der Waals surface area (Å²) in [5.41, 5.74) is 0.808. The van der Waals surface area contributed by atoms with Crippen LogP contribution in [0.4, 0.5) is 0 Å². The standard InChI is InChI=1S/C14H18N2O3S/c1-3-4-9-19-14-6-5-13(10-12(14)2)20(17,18)16-8-7-15-11-16/h5-8,10-11H,3-4,9H2,1-2H3. The molecule has 0 amide bonds. The molecule has 0 atom stereocenters. The van der Waals surface area contributed by atoms with Crippen molar-refractivity contribution in [3.8, 4) is 5.75 Å². The zero-order chi connectivity index (χ0) is 14.6. The van der Waals surface area contributed by atoms with Crippen molar-refractivity contribution in [1.29, 1.82) is 0 Å². The van der Waals surface area contributed by atoms with Gasteiger partial charge in [-0.15, -0.1) is 0 Å². The SMILES string of the molecule is CCCCOc1ccc(S(=O)(=O)n2ccnc2)cc1C. The highest BCUT2D eigenvalue weighted by atomic mass is 32.2. The predicted octanol–water partition coefficient (Wildman–Crippen LogP) is 2.61. The van der Waals surface area contributed by atoms with E-state index in [0.29, 0.717) is 6.61 Å². The lowest BCUT2D eigenvalue weighted by Gasteiger charge is -2.11. The van der Waals surface area contributed by atoms with E-state index in [0.717, 1.165) is 28.1 Å². The van der Waals surface area contributed by atoms with Crippen molar-refractivity contribution < 1.29 is 13.2 Å². The minimum atomic E-state index is -3.56. The molecule has 2 aromatic rings. The zero-order valence-corrected chi connectivity index (χ0v) is 12.4. The summed E-state index contributed by atoms with van der Waals surface area (Å²) in [5, 5.41) is 0. The minimum absolute atomic E-state index is 0.232. The van der Waals surface area contributed by atoms with Crippen molar-refractivity contribution in [3.05, 3.63) is 42.5 Å². The molecule has 6 heteroatoms. The number of aromatic nitrogens is 2. The molecule has 0 saturated carbocycles. The fourth-order valence-electron chi connectivity index (χ4n) is 1.78. The number of ether oxygens (including phenoxy) is 1. The van der Waals surface area contributed by atoms with Crippen LogP contribution in [0.25, 0.3) is 0 Å². The molecule has 20 heavy (non-hydrogen) atoms. The van der Waals surface area contributed by atoms with Crippen LogP contribution >= 0.6 is 0 Å². The van der Waals surface area contributed by atoms with Gasteiger partial charge in [0.15, 0.2) is 0 Å². The van der Waals surface area contributed by atoms with Crippen LogP contribution in [0.1, 0.15) is 25.3 Å². The van der Waals surface area contributed by atoms with Gasteiger partial charge in [-0.1, -0.05) is 13.3 Å². The third kappa shape index (κ3) is 3.01. The van der Waals surface area contributed by atoms with Gasteiger partial charge in [0.2, 0.25) is 0 Å². The molecule has 1 heterocycles. The first-order valence-electron chi connectivity index (χ1n) is 6.52. The molecule has 0 unspecified atom stereocenters. The molecule has 0 N–H and O–H groups in total. The van der Waals surface area contributed by atoms with Crippen LogP contribution in [-0.2, 0) is 10.0 Å². The van der Waals surface area contributed by atoms with E-state index in [1.165, 1.54) is 18.7 Å². The van der Waals surface area contributed by atoms with Gasteiger partial charge in [0.05, 0.1) is 11.5 Å². The number of aryl methyl sites for hydroxylation is 1. The Morgan fingerprint density at radius 1 is 1.35 bits per heavy atom. The molecular weight excluding hydrogens is 276 g/mol. The summed E-state index contributed by atoms with van der Waals surface area (Å²) in [6, 6.07) is 4.88. The van der Waals surface area contributed by atoms with Gasteiger partial charge < -0.3 is 4.74 Å². The minimum Gasteiger partial charge on any atom is -0.493 e. The summed E-state index contributed by atoms with van der Waals surface area (Å²) < 4.78 is 31.3. The van der Waals surface area contributed by atoms with E-state index in [-0.39, 0.29) is 4.90 Å². The van der Waals surface area contributed by atoms with E-state index < -0.39 is 10.0 Å². The monoisotopic (exact) mass is 294 g/mol. The average Bonchev–Trinajstić information content (AvgIpc) is 2.95. The Bertz CT molecular complexity index is 664. The second kappa shape index (κ2) is 6.09. The number of nitrogens with zero attached hydrogens (tertiary/aromatic N) is 2. The van der Waals surface area contributed by atoms with Crippen molar-refractivity contribution in [1.82, 2.24) is 8.96 Å². The number of hydrogen-bond acceptors (Lipinski definition) is 4. The van der Waals surface area contributed by atoms with Crippen LogP contribution in [-0.4, -0.2) is 24.0 Å². The lowest BCUT2D eigenvalue weighted by atomic mass is 10.2. The largest absolute Gasteiger partial charge is 0.493 e. The van der Waals surface area contributed by atoms with E-state index in [1.54, 1.807) is 18.2 Å². The number of benzene rings is 1. The van der Waals surface area contributed by atoms with E-state index in [9.17, 15) is 8.42 Å². The Balaban J connectivity index is 2.25. The first kappa shape index (κ1) is 14.6. The zero-order valence-electron chi connectivity index (χ0n) is 11.6. The fourth-order valence-corrected chi connectivity index (χ4v) is 2.98. The van der Waals surface area contributed by atoms with Crippen molar-refractivity contribution in [2.24, 2.45) is 0 Å². The van der Waals surface area contributed by atoms with E-state index in [1.807, 2.05) is 6.92 Å². The lowest BCUT2D eigenvalue weighted by molar-refractivity contribution is 0.307. The topological polar surface area (TPSA) is 61.2 Å². The van der Waals surface area contributed by atoms with Gasteiger partial charge in [0.25, 0.3) is 10.0 Å². The quantitative estimate of drug-likeness (QED) is 0.768. The maximum absolute atomic E-state index is 12.3. The Hall–Kier alpha value is -1.82. The van der Waals surface area contributed by atoms with Gasteiger partial charge in [0, 0.05) is 12.4 Å².